The number of carbonyl (C=O) groups excluding carboxylic acids is 1. The summed E-state index contributed by atoms with van der Waals surface area (Å²) < 4.78 is 11.6. The number of hydrogen-bond donors (Lipinski definition) is 1. The molecule has 2 aromatic carbocycles. The van der Waals surface area contributed by atoms with Gasteiger partial charge in [0.05, 0.1) is 29.4 Å². The zero-order valence-corrected chi connectivity index (χ0v) is 19.8. The number of non-ortho nitro benzene ring substituents is 1. The molecule has 178 valence electrons. The zero-order valence-electron chi connectivity index (χ0n) is 19.0. The van der Waals surface area contributed by atoms with Gasteiger partial charge in [0, 0.05) is 17.7 Å². The van der Waals surface area contributed by atoms with Crippen molar-refractivity contribution in [2.24, 2.45) is 5.10 Å². The number of nitro groups is 1. The van der Waals surface area contributed by atoms with Gasteiger partial charge in [-0.25, -0.2) is 5.43 Å². The number of benzene rings is 2. The Labute approximate surface area is 199 Å². The zero-order chi connectivity index (χ0) is 24.1. The molecule has 0 aliphatic heterocycles. The second-order valence-electron chi connectivity index (χ2n) is 7.39. The molecule has 0 bridgehead atoms. The number of unbranched alkanes of at least 4 members (excludes halogenated alkanes) is 5. The minimum Gasteiger partial charge on any atom is -0.490 e. The maximum absolute atomic E-state index is 12.2. The summed E-state index contributed by atoms with van der Waals surface area (Å²) in [7, 11) is 0. The first-order chi connectivity index (χ1) is 16.0. The summed E-state index contributed by atoms with van der Waals surface area (Å²) in [6, 6.07) is 8.81. The third-order valence-electron chi connectivity index (χ3n) is 4.77. The molecule has 0 spiro atoms. The number of nitro benzene ring substituents is 1. The molecule has 0 aliphatic carbocycles. The molecule has 0 saturated carbocycles. The molecular weight excluding hydrogens is 446 g/mol. The van der Waals surface area contributed by atoms with Crippen LogP contribution in [0.3, 0.4) is 0 Å². The summed E-state index contributed by atoms with van der Waals surface area (Å²) in [6.07, 6.45) is 8.39. The molecule has 0 heterocycles. The number of hydrogen-bond acceptors (Lipinski definition) is 6. The number of rotatable bonds is 14. The van der Waals surface area contributed by atoms with Gasteiger partial charge in [0.15, 0.2) is 11.5 Å². The van der Waals surface area contributed by atoms with Crippen molar-refractivity contribution >= 4 is 29.4 Å². The highest BCUT2D eigenvalue weighted by Crippen LogP contribution is 2.36. The minimum atomic E-state index is -0.565. The Balaban J connectivity index is 1.99. The number of nitrogens with zero attached hydrogens (tertiary/aromatic N) is 2. The predicted octanol–water partition coefficient (Wildman–Crippen LogP) is 6.15. The van der Waals surface area contributed by atoms with Crippen LogP contribution in [-0.4, -0.2) is 30.3 Å². The largest absolute Gasteiger partial charge is 0.490 e. The van der Waals surface area contributed by atoms with Gasteiger partial charge in [-0.2, -0.15) is 5.10 Å². The number of hydrazone groups is 1. The molecule has 0 radical (unpaired) electrons. The van der Waals surface area contributed by atoms with E-state index in [9.17, 15) is 14.9 Å². The van der Waals surface area contributed by atoms with Gasteiger partial charge in [-0.3, -0.25) is 14.9 Å². The summed E-state index contributed by atoms with van der Waals surface area (Å²) in [5.74, 6) is 0.428. The van der Waals surface area contributed by atoms with Crippen LogP contribution in [0.2, 0.25) is 5.02 Å². The standard InChI is InChI=1S/C24H30ClN3O5/c1-3-5-6-7-8-9-13-33-23-21(25)14-18(15-22(23)32-4-2)17-26-27-24(29)19-11-10-12-20(16-19)28(30)31/h10-12,14-17H,3-9,13H2,1-2H3,(H,27,29)/b26-17+. The highest BCUT2D eigenvalue weighted by molar-refractivity contribution is 6.32. The minimum absolute atomic E-state index is 0.132. The fourth-order valence-corrected chi connectivity index (χ4v) is 3.39. The Bertz CT molecular complexity index is 965. The summed E-state index contributed by atoms with van der Waals surface area (Å²) in [5.41, 5.74) is 2.92. The first kappa shape index (κ1) is 26.1. The van der Waals surface area contributed by atoms with Crippen molar-refractivity contribution in [2.75, 3.05) is 13.2 Å². The van der Waals surface area contributed by atoms with Crippen molar-refractivity contribution in [1.29, 1.82) is 0 Å². The Morgan fingerprint density at radius 3 is 2.61 bits per heavy atom. The maximum Gasteiger partial charge on any atom is 0.271 e. The number of halogens is 1. The third-order valence-corrected chi connectivity index (χ3v) is 5.06. The third kappa shape index (κ3) is 8.73. The van der Waals surface area contributed by atoms with E-state index < -0.39 is 10.8 Å². The van der Waals surface area contributed by atoms with Gasteiger partial charge in [-0.1, -0.05) is 56.7 Å². The van der Waals surface area contributed by atoms with Crippen LogP contribution < -0.4 is 14.9 Å². The molecule has 33 heavy (non-hydrogen) atoms. The Kier molecular flexibility index (Phi) is 11.2. The van der Waals surface area contributed by atoms with E-state index in [2.05, 4.69) is 17.5 Å². The van der Waals surface area contributed by atoms with E-state index in [1.165, 1.54) is 56.2 Å². The van der Waals surface area contributed by atoms with E-state index in [0.29, 0.717) is 35.3 Å². The second kappa shape index (κ2) is 14.1. The number of nitrogens with one attached hydrogen (secondary N) is 1. The molecule has 0 aliphatic rings. The molecule has 0 aromatic heterocycles. The first-order valence-electron chi connectivity index (χ1n) is 11.1. The van der Waals surface area contributed by atoms with Crippen LogP contribution in [0.5, 0.6) is 11.5 Å². The van der Waals surface area contributed by atoms with Gasteiger partial charge in [-0.05, 0) is 37.1 Å². The summed E-state index contributed by atoms with van der Waals surface area (Å²) in [6.45, 7) is 5.05. The van der Waals surface area contributed by atoms with Crippen molar-refractivity contribution < 1.29 is 19.2 Å². The lowest BCUT2D eigenvalue weighted by molar-refractivity contribution is -0.384. The van der Waals surface area contributed by atoms with E-state index in [1.807, 2.05) is 6.92 Å². The summed E-state index contributed by atoms with van der Waals surface area (Å²) in [4.78, 5) is 22.5. The highest BCUT2D eigenvalue weighted by atomic mass is 35.5. The molecule has 2 aromatic rings. The SMILES string of the molecule is CCCCCCCCOc1c(Cl)cc(/C=N/NC(=O)c2cccc([N+](=O)[O-])c2)cc1OCC. The smallest absolute Gasteiger partial charge is 0.271 e. The van der Waals surface area contributed by atoms with Gasteiger partial charge in [0.1, 0.15) is 0 Å². The van der Waals surface area contributed by atoms with Crippen LogP contribution >= 0.6 is 11.6 Å². The topological polar surface area (TPSA) is 103 Å². The van der Waals surface area contributed by atoms with Crippen LogP contribution in [0.15, 0.2) is 41.5 Å². The molecule has 1 N–H and O–H groups in total. The lowest BCUT2D eigenvalue weighted by Gasteiger charge is -2.14. The van der Waals surface area contributed by atoms with E-state index in [-0.39, 0.29) is 11.3 Å². The molecule has 2 rings (SSSR count). The average Bonchev–Trinajstić information content (AvgIpc) is 2.80. The van der Waals surface area contributed by atoms with E-state index >= 15 is 0 Å². The van der Waals surface area contributed by atoms with Crippen molar-refractivity contribution in [2.45, 2.75) is 52.4 Å². The molecule has 1 amide bonds. The van der Waals surface area contributed by atoms with E-state index in [1.54, 1.807) is 12.1 Å². The number of carbonyl (C=O) groups is 1. The van der Waals surface area contributed by atoms with Crippen molar-refractivity contribution in [3.05, 3.63) is 62.7 Å². The van der Waals surface area contributed by atoms with E-state index in [4.69, 9.17) is 21.1 Å². The molecule has 0 unspecified atom stereocenters. The summed E-state index contributed by atoms with van der Waals surface area (Å²) in [5, 5.41) is 15.2. The van der Waals surface area contributed by atoms with Gasteiger partial charge in [0.25, 0.3) is 11.6 Å². The predicted molar refractivity (Wildman–Crippen MR) is 130 cm³/mol. The Morgan fingerprint density at radius 2 is 1.88 bits per heavy atom. The fraction of sp³-hybridized carbons (Fsp3) is 0.417. The average molecular weight is 476 g/mol. The van der Waals surface area contributed by atoms with E-state index in [0.717, 1.165) is 12.8 Å². The Morgan fingerprint density at radius 1 is 1.12 bits per heavy atom. The second-order valence-corrected chi connectivity index (χ2v) is 7.79. The normalized spacial score (nSPS) is 10.9. The summed E-state index contributed by atoms with van der Waals surface area (Å²) >= 11 is 6.42. The molecular formula is C24H30ClN3O5. The van der Waals surface area contributed by atoms with Gasteiger partial charge >= 0.3 is 0 Å². The van der Waals surface area contributed by atoms with Crippen molar-refractivity contribution in [1.82, 2.24) is 5.43 Å². The fourth-order valence-electron chi connectivity index (χ4n) is 3.11. The van der Waals surface area contributed by atoms with Crippen LogP contribution in [-0.2, 0) is 0 Å². The quantitative estimate of drug-likeness (QED) is 0.153. The number of ether oxygens (including phenoxy) is 2. The molecule has 0 atom stereocenters. The number of amides is 1. The van der Waals surface area contributed by atoms with Crippen LogP contribution in [0.25, 0.3) is 0 Å². The molecule has 8 nitrogen and oxygen atoms in total. The van der Waals surface area contributed by atoms with Gasteiger partial charge in [-0.15, -0.1) is 0 Å². The Hall–Kier alpha value is -3.13. The molecule has 0 fully saturated rings. The lowest BCUT2D eigenvalue weighted by atomic mass is 10.1. The molecule has 0 saturated heterocycles. The molecule has 9 heteroatoms. The van der Waals surface area contributed by atoms with Crippen LogP contribution in [0.1, 0.15) is 68.3 Å². The van der Waals surface area contributed by atoms with Crippen LogP contribution in [0.4, 0.5) is 5.69 Å². The maximum atomic E-state index is 12.2. The van der Waals surface area contributed by atoms with Crippen molar-refractivity contribution in [3.63, 3.8) is 0 Å². The highest BCUT2D eigenvalue weighted by Gasteiger charge is 2.13. The van der Waals surface area contributed by atoms with Gasteiger partial charge < -0.3 is 9.47 Å². The lowest BCUT2D eigenvalue weighted by Crippen LogP contribution is -2.17. The first-order valence-corrected chi connectivity index (χ1v) is 11.5. The van der Waals surface area contributed by atoms with Crippen molar-refractivity contribution in [3.8, 4) is 11.5 Å². The van der Waals surface area contributed by atoms with Crippen LogP contribution in [0, 0.1) is 10.1 Å². The van der Waals surface area contributed by atoms with Gasteiger partial charge in [0.2, 0.25) is 0 Å². The monoisotopic (exact) mass is 475 g/mol.